The van der Waals surface area contributed by atoms with E-state index in [2.05, 4.69) is 5.32 Å². The molecule has 0 unspecified atom stereocenters. The number of carbonyl (C=O) groups is 3. The van der Waals surface area contributed by atoms with E-state index in [1.807, 2.05) is 6.92 Å². The average Bonchev–Trinajstić information content (AvgIpc) is 2.72. The molecule has 0 aliphatic heterocycles. The predicted octanol–water partition coefficient (Wildman–Crippen LogP) is 0.396. The molecular weight excluding hydrogens is 430 g/mol. The molecular formula is C23H27N3O7. The molecule has 0 radical (unpaired) electrons. The maximum absolute atomic E-state index is 13.7. The molecule has 1 aromatic carbocycles. The number of hydrogen-bond donors (Lipinski definition) is 6. The topological polar surface area (TPSA) is 173 Å². The van der Waals surface area contributed by atoms with E-state index >= 15 is 0 Å². The number of phenolic OH excluding ortho intramolecular Hbond substituents is 1. The summed E-state index contributed by atoms with van der Waals surface area (Å²) in [5.74, 6) is -6.55. The molecule has 176 valence electrons. The first kappa shape index (κ1) is 22.8. The number of amides is 1. The van der Waals surface area contributed by atoms with Crippen molar-refractivity contribution in [3.05, 3.63) is 40.2 Å². The molecule has 0 saturated heterocycles. The summed E-state index contributed by atoms with van der Waals surface area (Å²) in [6.45, 7) is 2.49. The summed E-state index contributed by atoms with van der Waals surface area (Å²) in [4.78, 5) is 40.1. The van der Waals surface area contributed by atoms with Gasteiger partial charge in [-0.25, -0.2) is 0 Å². The molecule has 0 aromatic heterocycles. The van der Waals surface area contributed by atoms with Gasteiger partial charge in [-0.2, -0.15) is 0 Å². The Morgan fingerprint density at radius 1 is 1.24 bits per heavy atom. The van der Waals surface area contributed by atoms with Crippen LogP contribution < -0.4 is 11.1 Å². The van der Waals surface area contributed by atoms with Crippen LogP contribution in [0.15, 0.2) is 29.0 Å². The number of rotatable bonds is 4. The van der Waals surface area contributed by atoms with Crippen molar-refractivity contribution >= 4 is 28.9 Å². The van der Waals surface area contributed by atoms with Crippen LogP contribution in [0, 0.1) is 11.8 Å². The first-order chi connectivity index (χ1) is 15.5. The highest BCUT2D eigenvalue weighted by molar-refractivity contribution is 6.24. The van der Waals surface area contributed by atoms with Gasteiger partial charge < -0.3 is 31.5 Å². The van der Waals surface area contributed by atoms with Gasteiger partial charge in [0.15, 0.2) is 11.4 Å². The first-order valence-electron chi connectivity index (χ1n) is 10.7. The predicted molar refractivity (Wildman–Crippen MR) is 118 cm³/mol. The van der Waals surface area contributed by atoms with Crippen LogP contribution in [0.3, 0.4) is 0 Å². The first-order valence-corrected chi connectivity index (χ1v) is 10.7. The van der Waals surface area contributed by atoms with E-state index in [1.165, 1.54) is 11.0 Å². The third-order valence-corrected chi connectivity index (χ3v) is 6.97. The average molecular weight is 457 g/mol. The summed E-state index contributed by atoms with van der Waals surface area (Å²) < 4.78 is 0. The Hall–Kier alpha value is -3.37. The summed E-state index contributed by atoms with van der Waals surface area (Å²) in [6, 6.07) is 1.97. The van der Waals surface area contributed by atoms with Crippen LogP contribution in [0.1, 0.15) is 24.5 Å². The second-order valence-corrected chi connectivity index (χ2v) is 8.98. The zero-order valence-electron chi connectivity index (χ0n) is 18.5. The minimum absolute atomic E-state index is 0.0625. The fourth-order valence-electron chi connectivity index (χ4n) is 5.60. The van der Waals surface area contributed by atoms with Crippen molar-refractivity contribution in [2.45, 2.75) is 31.4 Å². The smallest absolute Gasteiger partial charge is 0.255 e. The second-order valence-electron chi connectivity index (χ2n) is 8.98. The lowest BCUT2D eigenvalue weighted by Gasteiger charge is -2.50. The number of carbonyl (C=O) groups excluding carboxylic acids is 3. The number of primary amides is 1. The number of ketones is 2. The second kappa shape index (κ2) is 7.60. The van der Waals surface area contributed by atoms with Gasteiger partial charge in [-0.05, 0) is 57.5 Å². The fraction of sp³-hybridized carbons (Fsp3) is 0.435. The number of aliphatic hydroxyl groups excluding tert-OH is 2. The molecule has 4 atom stereocenters. The van der Waals surface area contributed by atoms with Crippen molar-refractivity contribution in [2.75, 3.05) is 26.0 Å². The maximum Gasteiger partial charge on any atom is 0.255 e. The van der Waals surface area contributed by atoms with E-state index in [-0.39, 0.29) is 29.7 Å². The Labute approximate surface area is 190 Å². The molecule has 10 heteroatoms. The van der Waals surface area contributed by atoms with Gasteiger partial charge in [0, 0.05) is 23.7 Å². The zero-order valence-corrected chi connectivity index (χ0v) is 18.5. The van der Waals surface area contributed by atoms with Crippen LogP contribution in [-0.2, 0) is 20.8 Å². The van der Waals surface area contributed by atoms with Crippen molar-refractivity contribution in [3.8, 4) is 5.75 Å². The lowest BCUT2D eigenvalue weighted by atomic mass is 9.57. The highest BCUT2D eigenvalue weighted by Crippen LogP contribution is 2.53. The molecule has 1 aromatic rings. The van der Waals surface area contributed by atoms with E-state index in [0.29, 0.717) is 17.8 Å². The van der Waals surface area contributed by atoms with Gasteiger partial charge in [-0.15, -0.1) is 0 Å². The summed E-state index contributed by atoms with van der Waals surface area (Å²) in [7, 11) is 3.13. The van der Waals surface area contributed by atoms with Gasteiger partial charge in [-0.3, -0.25) is 19.3 Å². The van der Waals surface area contributed by atoms with Gasteiger partial charge in [0.2, 0.25) is 5.78 Å². The van der Waals surface area contributed by atoms with Gasteiger partial charge in [-0.1, -0.05) is 0 Å². The molecule has 1 fully saturated rings. The standard InChI is InChI=1S/C23H27N3O7/c1-4-25-12-5-6-13(27)15-10(12)7-9-8-11-17(26(2)3)19(29)16(22(24)32)21(31)23(11,33)20(30)14(9)18(15)28/h5-6,9,11,17,25,27-28,31,33H,4,7-8H2,1-3H3,(H2,24,32)/t9-,11+,17-,23-/m0/s1. The van der Waals surface area contributed by atoms with Crippen LogP contribution in [0.2, 0.25) is 0 Å². The zero-order chi connectivity index (χ0) is 24.4. The molecule has 10 nitrogen and oxygen atoms in total. The number of nitrogens with one attached hydrogen (secondary N) is 1. The molecule has 7 N–H and O–H groups in total. The normalized spacial score (nSPS) is 29.1. The van der Waals surface area contributed by atoms with Gasteiger partial charge in [0.1, 0.15) is 22.8 Å². The summed E-state index contributed by atoms with van der Waals surface area (Å²) in [5.41, 5.74) is 3.07. The van der Waals surface area contributed by atoms with Crippen molar-refractivity contribution < 1.29 is 34.8 Å². The molecule has 1 amide bonds. The number of nitrogens with zero attached hydrogens (tertiary/aromatic N) is 1. The molecule has 4 rings (SSSR count). The molecule has 0 bridgehead atoms. The van der Waals surface area contributed by atoms with Gasteiger partial charge >= 0.3 is 0 Å². The summed E-state index contributed by atoms with van der Waals surface area (Å²) in [5, 5.41) is 47.0. The Morgan fingerprint density at radius 3 is 2.48 bits per heavy atom. The number of hydrogen-bond acceptors (Lipinski definition) is 9. The van der Waals surface area contributed by atoms with Crippen LogP contribution >= 0.6 is 0 Å². The van der Waals surface area contributed by atoms with E-state index in [9.17, 15) is 34.8 Å². The Kier molecular flexibility index (Phi) is 5.25. The molecule has 1 saturated carbocycles. The summed E-state index contributed by atoms with van der Waals surface area (Å²) >= 11 is 0. The minimum Gasteiger partial charge on any atom is -0.508 e. The number of phenols is 1. The Balaban J connectivity index is 1.97. The third-order valence-electron chi connectivity index (χ3n) is 6.97. The number of Topliss-reactive ketones (excluding diaryl/α,β-unsaturated/α-hetero) is 2. The monoisotopic (exact) mass is 457 g/mol. The van der Waals surface area contributed by atoms with Crippen LogP contribution in [0.4, 0.5) is 5.69 Å². The SMILES string of the molecule is CCNc1ccc(O)c2c1C[C@H]1C[C@@H]3[C@H](N(C)C)C(=O)C(C(N)=O)=C(O)[C@@]3(O)C(=O)C1=C2O. The maximum atomic E-state index is 13.7. The van der Waals surface area contributed by atoms with Crippen LogP contribution in [0.5, 0.6) is 5.75 Å². The van der Waals surface area contributed by atoms with E-state index in [0.717, 1.165) is 0 Å². The highest BCUT2D eigenvalue weighted by atomic mass is 16.3. The Morgan fingerprint density at radius 2 is 1.91 bits per heavy atom. The number of aromatic hydroxyl groups is 1. The van der Waals surface area contributed by atoms with Crippen molar-refractivity contribution in [1.29, 1.82) is 0 Å². The number of anilines is 1. The highest BCUT2D eigenvalue weighted by Gasteiger charge is 2.64. The number of fused-ring (bicyclic) bond motifs is 3. The molecule has 0 heterocycles. The number of likely N-dealkylation sites (N-methyl/N-ethyl adjacent to an activating group) is 1. The van der Waals surface area contributed by atoms with E-state index < -0.39 is 58.0 Å². The van der Waals surface area contributed by atoms with Crippen LogP contribution in [0.25, 0.3) is 5.76 Å². The van der Waals surface area contributed by atoms with Crippen molar-refractivity contribution in [3.63, 3.8) is 0 Å². The third kappa shape index (κ3) is 2.97. The van der Waals surface area contributed by atoms with E-state index in [4.69, 9.17) is 5.73 Å². The number of aliphatic hydroxyl groups is 3. The van der Waals surface area contributed by atoms with Crippen molar-refractivity contribution in [1.82, 2.24) is 4.90 Å². The van der Waals surface area contributed by atoms with Crippen molar-refractivity contribution in [2.24, 2.45) is 17.6 Å². The Bertz CT molecular complexity index is 1150. The van der Waals surface area contributed by atoms with E-state index in [1.54, 1.807) is 20.2 Å². The number of nitrogens with two attached hydrogens (primary N) is 1. The fourth-order valence-corrected chi connectivity index (χ4v) is 5.60. The largest absolute Gasteiger partial charge is 0.508 e. The minimum atomic E-state index is -2.63. The quantitative estimate of drug-likeness (QED) is 0.276. The lowest BCUT2D eigenvalue weighted by Crippen LogP contribution is -2.65. The molecule has 3 aliphatic rings. The van der Waals surface area contributed by atoms with Crippen LogP contribution in [-0.4, -0.2) is 75.1 Å². The molecule has 0 spiro atoms. The van der Waals surface area contributed by atoms with Gasteiger partial charge in [0.25, 0.3) is 5.91 Å². The number of benzene rings is 1. The lowest BCUT2D eigenvalue weighted by molar-refractivity contribution is -0.153. The summed E-state index contributed by atoms with van der Waals surface area (Å²) in [6.07, 6.45) is 0.318. The molecule has 3 aliphatic carbocycles. The molecule has 33 heavy (non-hydrogen) atoms. The van der Waals surface area contributed by atoms with Gasteiger partial charge in [0.05, 0.1) is 11.6 Å².